The monoisotopic (exact) mass is 577 g/mol. The summed E-state index contributed by atoms with van der Waals surface area (Å²) < 4.78 is 8.19. The molecule has 0 aliphatic heterocycles. The van der Waals surface area contributed by atoms with Crippen molar-refractivity contribution in [3.05, 3.63) is 77.7 Å². The number of anilines is 1. The van der Waals surface area contributed by atoms with Gasteiger partial charge in [0.1, 0.15) is 5.82 Å². The van der Waals surface area contributed by atoms with Gasteiger partial charge < -0.3 is 4.90 Å². The third-order valence-corrected chi connectivity index (χ3v) is 8.91. The van der Waals surface area contributed by atoms with E-state index in [0.29, 0.717) is 0 Å². The van der Waals surface area contributed by atoms with Gasteiger partial charge in [0.25, 0.3) is 0 Å². The summed E-state index contributed by atoms with van der Waals surface area (Å²) >= 11 is 3.30. The first-order valence-electron chi connectivity index (χ1n) is 15.1. The van der Waals surface area contributed by atoms with E-state index in [4.69, 9.17) is 0 Å². The lowest BCUT2D eigenvalue weighted by molar-refractivity contribution is 0.306. The van der Waals surface area contributed by atoms with Gasteiger partial charge in [-0.05, 0) is 84.4 Å². The lowest BCUT2D eigenvalue weighted by atomic mass is 9.86. The van der Waals surface area contributed by atoms with E-state index >= 15 is 0 Å². The Balaban J connectivity index is 0.000000294. The van der Waals surface area contributed by atoms with E-state index in [0.717, 1.165) is 55.0 Å². The Morgan fingerprint density at radius 1 is 0.900 bits per heavy atom. The molecule has 0 fully saturated rings. The minimum absolute atomic E-state index is 0.773. The predicted molar refractivity (Wildman–Crippen MR) is 183 cm³/mol. The van der Waals surface area contributed by atoms with Crippen LogP contribution in [0.5, 0.6) is 0 Å². The van der Waals surface area contributed by atoms with Gasteiger partial charge in [-0.2, -0.15) is 4.37 Å². The number of nitrogens with one attached hydrogen (secondary N) is 1. The van der Waals surface area contributed by atoms with Crippen LogP contribution in [0.3, 0.4) is 0 Å². The van der Waals surface area contributed by atoms with Crippen molar-refractivity contribution in [2.24, 2.45) is 11.8 Å². The molecular formula is C35H51N3S2. The van der Waals surface area contributed by atoms with Gasteiger partial charge in [-0.15, -0.1) is 0 Å². The average molecular weight is 578 g/mol. The molecular weight excluding hydrogens is 527 g/mol. The lowest BCUT2D eigenvalue weighted by Crippen LogP contribution is -2.25. The summed E-state index contributed by atoms with van der Waals surface area (Å²) in [6, 6.07) is 19.3. The van der Waals surface area contributed by atoms with Crippen molar-refractivity contribution in [2.45, 2.75) is 78.5 Å². The van der Waals surface area contributed by atoms with Crippen LogP contribution in [-0.4, -0.2) is 24.0 Å². The molecule has 0 aliphatic rings. The Morgan fingerprint density at radius 3 is 2.12 bits per heavy atom. The van der Waals surface area contributed by atoms with Crippen molar-refractivity contribution in [1.29, 1.82) is 0 Å². The first-order valence-corrected chi connectivity index (χ1v) is 16.7. The van der Waals surface area contributed by atoms with E-state index < -0.39 is 0 Å². The number of allylic oxidation sites excluding steroid dienone is 1. The molecule has 40 heavy (non-hydrogen) atoms. The molecule has 0 amide bonds. The Bertz CT molecular complexity index is 1110. The molecule has 1 heterocycles. The third kappa shape index (κ3) is 10.6. The van der Waals surface area contributed by atoms with Crippen LogP contribution >= 0.6 is 23.5 Å². The molecule has 0 saturated carbocycles. The fourth-order valence-electron chi connectivity index (χ4n) is 5.06. The zero-order valence-electron chi connectivity index (χ0n) is 25.7. The number of benzene rings is 2. The summed E-state index contributed by atoms with van der Waals surface area (Å²) in [5.41, 5.74) is 3.78. The lowest BCUT2D eigenvalue weighted by Gasteiger charge is -2.24. The minimum atomic E-state index is 0.773. The predicted octanol–water partition coefficient (Wildman–Crippen LogP) is 10.9. The molecule has 1 unspecified atom stereocenters. The van der Waals surface area contributed by atoms with Gasteiger partial charge in [-0.3, -0.25) is 4.72 Å². The van der Waals surface area contributed by atoms with Crippen molar-refractivity contribution in [3.8, 4) is 11.1 Å². The van der Waals surface area contributed by atoms with E-state index in [1.54, 1.807) is 11.9 Å². The number of aromatic nitrogens is 1. The fourth-order valence-corrected chi connectivity index (χ4v) is 6.59. The van der Waals surface area contributed by atoms with Crippen LogP contribution in [0, 0.1) is 11.8 Å². The SMILES string of the molecule is C=Cc1snc(N(CCC)CCC)c1/C=C\C.CCC(CC)C(CC)CNSc1cccc(-c2ccccc2)c1. The van der Waals surface area contributed by atoms with Gasteiger partial charge in [-0.1, -0.05) is 115 Å². The van der Waals surface area contributed by atoms with Crippen molar-refractivity contribution in [1.82, 2.24) is 9.10 Å². The molecule has 2 aromatic carbocycles. The molecule has 3 rings (SSSR count). The quantitative estimate of drug-likeness (QED) is 0.171. The standard InChI is InChI=1S/C21H29NS.C14H22N2S/c1-4-17(5-2)18(6-3)16-22-23-21-14-10-13-20(15-21)19-11-8-7-9-12-19;1-5-9-12-13(8-4)17-15-14(12)16(10-6-2)11-7-3/h7-15,17-18,22H,4-6,16H2,1-3H3;5,8-9H,4,6-7,10-11H2,1-3H3/b;9-5-. The number of hydrogen-bond donors (Lipinski definition) is 1. The van der Waals surface area contributed by atoms with Crippen LogP contribution < -0.4 is 9.62 Å². The van der Waals surface area contributed by atoms with Crippen LogP contribution in [-0.2, 0) is 0 Å². The Morgan fingerprint density at radius 2 is 1.55 bits per heavy atom. The Kier molecular flexibility index (Phi) is 16.7. The van der Waals surface area contributed by atoms with Gasteiger partial charge in [0.05, 0.1) is 4.88 Å². The van der Waals surface area contributed by atoms with Crippen LogP contribution in [0.4, 0.5) is 5.82 Å². The highest BCUT2D eigenvalue weighted by atomic mass is 32.2. The molecule has 1 aromatic heterocycles. The average Bonchev–Trinajstić information content (AvgIpc) is 3.40. The van der Waals surface area contributed by atoms with Gasteiger partial charge in [-0.25, -0.2) is 0 Å². The fraction of sp³-hybridized carbons (Fsp3) is 0.457. The summed E-state index contributed by atoms with van der Waals surface area (Å²) in [5.74, 6) is 2.73. The van der Waals surface area contributed by atoms with E-state index in [-0.39, 0.29) is 0 Å². The first-order chi connectivity index (χ1) is 19.6. The Labute approximate surface area is 253 Å². The second-order valence-corrected chi connectivity index (χ2v) is 11.8. The molecule has 0 radical (unpaired) electrons. The first kappa shape index (κ1) is 33.9. The molecule has 1 atom stereocenters. The zero-order chi connectivity index (χ0) is 29.2. The normalized spacial score (nSPS) is 11.9. The van der Waals surface area contributed by atoms with Crippen molar-refractivity contribution >= 4 is 41.5 Å². The highest BCUT2D eigenvalue weighted by Gasteiger charge is 2.16. The smallest absolute Gasteiger partial charge is 0.150 e. The van der Waals surface area contributed by atoms with Gasteiger partial charge in [0.2, 0.25) is 0 Å². The maximum atomic E-state index is 4.59. The molecule has 0 aliphatic carbocycles. The highest BCUT2D eigenvalue weighted by molar-refractivity contribution is 7.97. The topological polar surface area (TPSA) is 28.2 Å². The Hall–Kier alpha value is -2.34. The van der Waals surface area contributed by atoms with Crippen LogP contribution in [0.25, 0.3) is 23.3 Å². The van der Waals surface area contributed by atoms with Crippen molar-refractivity contribution < 1.29 is 0 Å². The summed E-state index contributed by atoms with van der Waals surface area (Å²) in [6.45, 7) is 20.5. The molecule has 3 nitrogen and oxygen atoms in total. The van der Waals surface area contributed by atoms with Crippen LogP contribution in [0.1, 0.15) is 84.1 Å². The zero-order valence-corrected chi connectivity index (χ0v) is 27.3. The second kappa shape index (κ2) is 19.7. The minimum Gasteiger partial charge on any atom is -0.355 e. The largest absolute Gasteiger partial charge is 0.355 e. The number of hydrogen-bond acceptors (Lipinski definition) is 5. The molecule has 0 spiro atoms. The van der Waals surface area contributed by atoms with Gasteiger partial charge >= 0.3 is 0 Å². The van der Waals surface area contributed by atoms with E-state index in [2.05, 4.69) is 122 Å². The summed E-state index contributed by atoms with van der Waals surface area (Å²) in [4.78, 5) is 4.82. The molecule has 5 heteroatoms. The third-order valence-electron chi connectivity index (χ3n) is 7.26. The summed E-state index contributed by atoms with van der Waals surface area (Å²) in [7, 11) is 0. The molecule has 1 N–H and O–H groups in total. The van der Waals surface area contributed by atoms with E-state index in [1.807, 2.05) is 13.0 Å². The van der Waals surface area contributed by atoms with Crippen LogP contribution in [0.15, 0.2) is 72.1 Å². The van der Waals surface area contributed by atoms with E-state index in [9.17, 15) is 0 Å². The number of nitrogens with zero attached hydrogens (tertiary/aromatic N) is 2. The van der Waals surface area contributed by atoms with Crippen molar-refractivity contribution in [3.63, 3.8) is 0 Å². The summed E-state index contributed by atoms with van der Waals surface area (Å²) in [5, 5.41) is 0. The maximum absolute atomic E-state index is 4.59. The molecule has 218 valence electrons. The van der Waals surface area contributed by atoms with Crippen LogP contribution in [0.2, 0.25) is 0 Å². The molecule has 0 bridgehead atoms. The number of rotatable bonds is 16. The van der Waals surface area contributed by atoms with E-state index in [1.165, 1.54) is 52.4 Å². The van der Waals surface area contributed by atoms with Gasteiger partial charge in [0, 0.05) is 30.1 Å². The molecule has 3 aromatic rings. The second-order valence-electron chi connectivity index (χ2n) is 10.1. The van der Waals surface area contributed by atoms with Crippen molar-refractivity contribution in [2.75, 3.05) is 24.5 Å². The highest BCUT2D eigenvalue weighted by Crippen LogP contribution is 2.30. The molecule has 0 saturated heterocycles. The van der Waals surface area contributed by atoms with Gasteiger partial charge in [0.15, 0.2) is 0 Å². The summed E-state index contributed by atoms with van der Waals surface area (Å²) in [6.07, 6.45) is 12.2. The maximum Gasteiger partial charge on any atom is 0.150 e.